The molecule has 0 aliphatic heterocycles. The minimum Gasteiger partial charge on any atom is -0.396 e. The Morgan fingerprint density at radius 2 is 1.73 bits per heavy atom. The maximum absolute atomic E-state index is 11.0. The second-order valence-electron chi connectivity index (χ2n) is 5.66. The standard InChI is InChI=1S/C18H21NO3/c1-14-7-9-16(10-8-14)18(12-19(21)22)17(13-20)11-15-5-3-2-4-6-15/h2-10,17-18,20H,11-13H2,1H3/t17-,18+/m0/s1. The number of hydrogen-bond donors (Lipinski definition) is 1. The second kappa shape index (κ2) is 7.71. The molecule has 0 aromatic heterocycles. The van der Waals surface area contributed by atoms with Crippen LogP contribution in [0.1, 0.15) is 22.6 Å². The predicted octanol–water partition coefficient (Wildman–Crippen LogP) is 3.21. The van der Waals surface area contributed by atoms with Crippen LogP contribution in [-0.2, 0) is 6.42 Å². The van der Waals surface area contributed by atoms with Gasteiger partial charge in [-0.05, 0) is 30.4 Å². The molecule has 0 amide bonds. The zero-order chi connectivity index (χ0) is 15.9. The number of nitro groups is 1. The lowest BCUT2D eigenvalue weighted by Gasteiger charge is -2.23. The Balaban J connectivity index is 2.25. The smallest absolute Gasteiger partial charge is 0.211 e. The molecule has 0 unspecified atom stereocenters. The van der Waals surface area contributed by atoms with E-state index in [1.807, 2.05) is 61.5 Å². The van der Waals surface area contributed by atoms with E-state index >= 15 is 0 Å². The molecule has 0 spiro atoms. The Labute approximate surface area is 130 Å². The SMILES string of the molecule is Cc1ccc([C@@H](C[N+](=O)[O-])[C@H](CO)Cc2ccccc2)cc1. The molecule has 0 saturated heterocycles. The number of aryl methyl sites for hydroxylation is 1. The Morgan fingerprint density at radius 1 is 1.09 bits per heavy atom. The first-order valence-corrected chi connectivity index (χ1v) is 7.43. The van der Waals surface area contributed by atoms with E-state index in [0.717, 1.165) is 16.7 Å². The van der Waals surface area contributed by atoms with Crippen LogP contribution >= 0.6 is 0 Å². The van der Waals surface area contributed by atoms with Crippen molar-refractivity contribution in [1.82, 2.24) is 0 Å². The van der Waals surface area contributed by atoms with Gasteiger partial charge >= 0.3 is 0 Å². The fourth-order valence-corrected chi connectivity index (χ4v) is 2.75. The highest BCUT2D eigenvalue weighted by atomic mass is 16.6. The van der Waals surface area contributed by atoms with Crippen LogP contribution in [0.15, 0.2) is 54.6 Å². The minimum atomic E-state index is -0.293. The first-order valence-electron chi connectivity index (χ1n) is 7.43. The van der Waals surface area contributed by atoms with E-state index < -0.39 is 0 Å². The van der Waals surface area contributed by atoms with Crippen molar-refractivity contribution in [3.05, 3.63) is 81.4 Å². The van der Waals surface area contributed by atoms with Gasteiger partial charge in [-0.3, -0.25) is 10.1 Å². The van der Waals surface area contributed by atoms with E-state index in [1.54, 1.807) is 0 Å². The van der Waals surface area contributed by atoms with Gasteiger partial charge in [0.05, 0.1) is 5.92 Å². The molecule has 4 heteroatoms. The number of aliphatic hydroxyl groups excluding tert-OH is 1. The monoisotopic (exact) mass is 299 g/mol. The topological polar surface area (TPSA) is 63.4 Å². The Hall–Kier alpha value is -2.20. The molecule has 0 aliphatic carbocycles. The van der Waals surface area contributed by atoms with Crippen LogP contribution in [0.25, 0.3) is 0 Å². The summed E-state index contributed by atoms with van der Waals surface area (Å²) in [5, 5.41) is 20.8. The summed E-state index contributed by atoms with van der Waals surface area (Å²) >= 11 is 0. The van der Waals surface area contributed by atoms with Crippen LogP contribution in [-0.4, -0.2) is 23.2 Å². The quantitative estimate of drug-likeness (QED) is 0.630. The summed E-state index contributed by atoms with van der Waals surface area (Å²) in [5.41, 5.74) is 3.12. The van der Waals surface area contributed by atoms with Gasteiger partial charge in [-0.25, -0.2) is 0 Å². The van der Waals surface area contributed by atoms with Gasteiger partial charge in [-0.1, -0.05) is 60.2 Å². The third-order valence-corrected chi connectivity index (χ3v) is 4.00. The number of aliphatic hydroxyl groups is 1. The molecule has 0 heterocycles. The van der Waals surface area contributed by atoms with Crippen molar-refractivity contribution >= 4 is 0 Å². The zero-order valence-corrected chi connectivity index (χ0v) is 12.7. The molecular weight excluding hydrogens is 278 g/mol. The number of hydrogen-bond acceptors (Lipinski definition) is 3. The van der Waals surface area contributed by atoms with Crippen molar-refractivity contribution in [1.29, 1.82) is 0 Å². The number of rotatable bonds is 7. The molecule has 0 aliphatic rings. The molecule has 2 rings (SSSR count). The molecule has 0 bridgehead atoms. The van der Waals surface area contributed by atoms with Gasteiger partial charge in [0.2, 0.25) is 6.54 Å². The summed E-state index contributed by atoms with van der Waals surface area (Å²) in [6.45, 7) is 1.75. The molecule has 1 N–H and O–H groups in total. The number of nitrogens with zero attached hydrogens (tertiary/aromatic N) is 1. The van der Waals surface area contributed by atoms with Gasteiger partial charge in [0, 0.05) is 11.5 Å². The van der Waals surface area contributed by atoms with E-state index in [-0.39, 0.29) is 29.9 Å². The average Bonchev–Trinajstić information content (AvgIpc) is 2.52. The fraction of sp³-hybridized carbons (Fsp3) is 0.333. The third-order valence-electron chi connectivity index (χ3n) is 4.00. The van der Waals surface area contributed by atoms with Gasteiger partial charge in [-0.2, -0.15) is 0 Å². The molecule has 2 atom stereocenters. The lowest BCUT2D eigenvalue weighted by atomic mass is 9.82. The molecule has 2 aromatic carbocycles. The van der Waals surface area contributed by atoms with Crippen molar-refractivity contribution in [3.63, 3.8) is 0 Å². The van der Waals surface area contributed by atoms with E-state index in [4.69, 9.17) is 0 Å². The molecule has 2 aromatic rings. The maximum atomic E-state index is 11.0. The highest BCUT2D eigenvalue weighted by molar-refractivity contribution is 5.26. The normalized spacial score (nSPS) is 13.5. The van der Waals surface area contributed by atoms with Crippen LogP contribution in [0, 0.1) is 23.0 Å². The van der Waals surface area contributed by atoms with Gasteiger partial charge in [0.1, 0.15) is 0 Å². The first-order chi connectivity index (χ1) is 10.6. The predicted molar refractivity (Wildman–Crippen MR) is 86.5 cm³/mol. The lowest BCUT2D eigenvalue weighted by molar-refractivity contribution is -0.485. The Kier molecular flexibility index (Phi) is 5.67. The summed E-state index contributed by atoms with van der Waals surface area (Å²) in [6, 6.07) is 17.6. The zero-order valence-electron chi connectivity index (χ0n) is 12.7. The number of benzene rings is 2. The first kappa shape index (κ1) is 16.2. The van der Waals surface area contributed by atoms with Crippen molar-refractivity contribution in [2.24, 2.45) is 5.92 Å². The minimum absolute atomic E-state index is 0.0682. The van der Waals surface area contributed by atoms with Gasteiger partial charge in [0.15, 0.2) is 0 Å². The van der Waals surface area contributed by atoms with Gasteiger partial charge in [0.25, 0.3) is 0 Å². The van der Waals surface area contributed by atoms with Crippen molar-refractivity contribution < 1.29 is 10.0 Å². The summed E-state index contributed by atoms with van der Waals surface area (Å²) in [5.74, 6) is -0.462. The lowest BCUT2D eigenvalue weighted by Crippen LogP contribution is -2.25. The molecule has 0 fully saturated rings. The summed E-state index contributed by atoms with van der Waals surface area (Å²) in [4.78, 5) is 10.8. The largest absolute Gasteiger partial charge is 0.396 e. The van der Waals surface area contributed by atoms with Crippen LogP contribution in [0.2, 0.25) is 0 Å². The third kappa shape index (κ3) is 4.40. The van der Waals surface area contributed by atoms with Crippen molar-refractivity contribution in [2.45, 2.75) is 19.3 Å². The average molecular weight is 299 g/mol. The van der Waals surface area contributed by atoms with Crippen LogP contribution in [0.3, 0.4) is 0 Å². The van der Waals surface area contributed by atoms with Crippen LogP contribution < -0.4 is 0 Å². The van der Waals surface area contributed by atoms with Gasteiger partial charge < -0.3 is 5.11 Å². The molecule has 0 radical (unpaired) electrons. The molecule has 116 valence electrons. The van der Waals surface area contributed by atoms with Crippen LogP contribution in [0.5, 0.6) is 0 Å². The van der Waals surface area contributed by atoms with Crippen LogP contribution in [0.4, 0.5) is 0 Å². The van der Waals surface area contributed by atoms with Gasteiger partial charge in [-0.15, -0.1) is 0 Å². The Morgan fingerprint density at radius 3 is 2.27 bits per heavy atom. The van der Waals surface area contributed by atoms with E-state index in [0.29, 0.717) is 6.42 Å². The summed E-state index contributed by atoms with van der Waals surface area (Å²) in [7, 11) is 0. The summed E-state index contributed by atoms with van der Waals surface area (Å²) in [6.07, 6.45) is 0.629. The van der Waals surface area contributed by atoms with E-state index in [1.165, 1.54) is 0 Å². The van der Waals surface area contributed by atoms with Crippen molar-refractivity contribution in [3.8, 4) is 0 Å². The molecule has 0 saturated carbocycles. The van der Waals surface area contributed by atoms with E-state index in [9.17, 15) is 15.2 Å². The van der Waals surface area contributed by atoms with E-state index in [2.05, 4.69) is 0 Å². The summed E-state index contributed by atoms with van der Waals surface area (Å²) < 4.78 is 0. The fourth-order valence-electron chi connectivity index (χ4n) is 2.75. The Bertz CT molecular complexity index is 595. The highest BCUT2D eigenvalue weighted by Gasteiger charge is 2.27. The highest BCUT2D eigenvalue weighted by Crippen LogP contribution is 2.28. The van der Waals surface area contributed by atoms with Crippen molar-refractivity contribution in [2.75, 3.05) is 13.2 Å². The molecule has 4 nitrogen and oxygen atoms in total. The molecular formula is C18H21NO3. The maximum Gasteiger partial charge on any atom is 0.211 e. The second-order valence-corrected chi connectivity index (χ2v) is 5.66. The molecule has 22 heavy (non-hydrogen) atoms.